The minimum Gasteiger partial charge on any atom is -0.381 e. The zero-order valence-electron chi connectivity index (χ0n) is 18.7. The Hall–Kier alpha value is -3.07. The molecule has 34 heavy (non-hydrogen) atoms. The first-order valence-corrected chi connectivity index (χ1v) is 12.6. The van der Waals surface area contributed by atoms with Crippen LogP contribution in [0.1, 0.15) is 34.3 Å². The van der Waals surface area contributed by atoms with E-state index in [1.54, 1.807) is 18.2 Å². The number of ether oxygens (including phenoxy) is 1. The number of rotatable bonds is 8. The molecule has 3 aromatic rings. The average molecular weight is 483 g/mol. The first-order chi connectivity index (χ1) is 16.4. The second kappa shape index (κ2) is 10.5. The molecule has 3 aromatic carbocycles. The van der Waals surface area contributed by atoms with Crippen molar-refractivity contribution in [2.45, 2.75) is 29.7 Å². The molecular formula is C26H27FN2O4S. The number of carbonyl (C=O) groups excluding carboxylic acids is 1. The van der Waals surface area contributed by atoms with Crippen molar-refractivity contribution in [3.05, 3.63) is 101 Å². The summed E-state index contributed by atoms with van der Waals surface area (Å²) in [6.45, 7) is 1.49. The molecule has 2 N–H and O–H groups in total. The van der Waals surface area contributed by atoms with Gasteiger partial charge in [-0.3, -0.25) is 4.79 Å². The van der Waals surface area contributed by atoms with Gasteiger partial charge in [0.05, 0.1) is 4.90 Å². The van der Waals surface area contributed by atoms with Crippen LogP contribution in [-0.4, -0.2) is 34.1 Å². The Morgan fingerprint density at radius 1 is 0.941 bits per heavy atom. The van der Waals surface area contributed by atoms with Gasteiger partial charge in [-0.15, -0.1) is 0 Å². The van der Waals surface area contributed by atoms with Gasteiger partial charge in [0.15, 0.2) is 0 Å². The van der Waals surface area contributed by atoms with E-state index in [9.17, 15) is 17.6 Å². The fraction of sp³-hybridized carbons (Fsp3) is 0.269. The molecule has 6 nitrogen and oxygen atoms in total. The lowest BCUT2D eigenvalue weighted by Gasteiger charge is -2.38. The monoisotopic (exact) mass is 482 g/mol. The lowest BCUT2D eigenvalue weighted by atomic mass is 9.74. The molecule has 0 unspecified atom stereocenters. The molecule has 0 atom stereocenters. The number of nitrogens with one attached hydrogen (secondary N) is 2. The highest BCUT2D eigenvalue weighted by atomic mass is 32.2. The predicted molar refractivity (Wildman–Crippen MR) is 127 cm³/mol. The van der Waals surface area contributed by atoms with Gasteiger partial charge in [-0.1, -0.05) is 48.5 Å². The van der Waals surface area contributed by atoms with Crippen LogP contribution in [0, 0.1) is 5.82 Å². The largest absolute Gasteiger partial charge is 0.381 e. The predicted octanol–water partition coefficient (Wildman–Crippen LogP) is 3.78. The smallest absolute Gasteiger partial charge is 0.251 e. The van der Waals surface area contributed by atoms with Gasteiger partial charge < -0.3 is 10.1 Å². The van der Waals surface area contributed by atoms with Gasteiger partial charge in [0.2, 0.25) is 10.0 Å². The molecule has 1 aliphatic rings. The second-order valence-electron chi connectivity index (χ2n) is 8.42. The summed E-state index contributed by atoms with van der Waals surface area (Å²) in [4.78, 5) is 13.0. The van der Waals surface area contributed by atoms with E-state index in [0.717, 1.165) is 11.1 Å². The first-order valence-electron chi connectivity index (χ1n) is 11.1. The molecule has 0 aliphatic carbocycles. The van der Waals surface area contributed by atoms with Crippen LogP contribution < -0.4 is 10.0 Å². The third-order valence-electron chi connectivity index (χ3n) is 6.19. The van der Waals surface area contributed by atoms with E-state index in [0.29, 0.717) is 32.6 Å². The zero-order valence-corrected chi connectivity index (χ0v) is 19.5. The summed E-state index contributed by atoms with van der Waals surface area (Å²) in [5.41, 5.74) is 1.44. The Morgan fingerprint density at radius 3 is 2.41 bits per heavy atom. The Kier molecular flexibility index (Phi) is 7.41. The molecule has 1 saturated heterocycles. The molecule has 0 saturated carbocycles. The maximum atomic E-state index is 13.9. The van der Waals surface area contributed by atoms with Crippen LogP contribution >= 0.6 is 0 Å². The fourth-order valence-corrected chi connectivity index (χ4v) is 5.22. The SMILES string of the molecule is O=C(NCC1(c2cccc(F)c2)CCOCC1)c1cccc(S(=O)(=O)NCc2ccccc2)c1. The number of hydrogen-bond acceptors (Lipinski definition) is 4. The van der Waals surface area contributed by atoms with Crippen LogP contribution in [0.5, 0.6) is 0 Å². The lowest BCUT2D eigenvalue weighted by Crippen LogP contribution is -2.44. The summed E-state index contributed by atoms with van der Waals surface area (Å²) in [5, 5.41) is 2.93. The van der Waals surface area contributed by atoms with Gasteiger partial charge in [0.1, 0.15) is 5.82 Å². The van der Waals surface area contributed by atoms with Gasteiger partial charge in [0.25, 0.3) is 5.91 Å². The number of sulfonamides is 1. The van der Waals surface area contributed by atoms with Crippen LogP contribution in [0.3, 0.4) is 0 Å². The standard InChI is InChI=1S/C26H27FN2O4S/c27-23-10-5-9-22(17-23)26(12-14-33-15-13-26)19-28-25(30)21-8-4-11-24(16-21)34(31,32)29-18-20-6-2-1-3-7-20/h1-11,16-17,29H,12-15,18-19H2,(H,28,30). The van der Waals surface area contributed by atoms with Crippen LogP contribution in [0.2, 0.25) is 0 Å². The highest BCUT2D eigenvalue weighted by molar-refractivity contribution is 7.89. The van der Waals surface area contributed by atoms with Crippen LogP contribution in [-0.2, 0) is 26.7 Å². The highest BCUT2D eigenvalue weighted by Crippen LogP contribution is 2.34. The van der Waals surface area contributed by atoms with E-state index < -0.39 is 15.4 Å². The molecule has 1 aliphatic heterocycles. The maximum absolute atomic E-state index is 13.9. The highest BCUT2D eigenvalue weighted by Gasteiger charge is 2.35. The van der Waals surface area contributed by atoms with Crippen molar-refractivity contribution in [3.63, 3.8) is 0 Å². The summed E-state index contributed by atoms with van der Waals surface area (Å²) >= 11 is 0. The Balaban J connectivity index is 1.47. The van der Waals surface area contributed by atoms with Crippen molar-refractivity contribution in [1.29, 1.82) is 0 Å². The average Bonchev–Trinajstić information content (AvgIpc) is 2.87. The number of halogens is 1. The Bertz CT molecular complexity index is 1240. The Labute approximate surface area is 199 Å². The van der Waals surface area contributed by atoms with Crippen molar-refractivity contribution in [3.8, 4) is 0 Å². The summed E-state index contributed by atoms with van der Waals surface area (Å²) in [5.74, 6) is -0.710. The van der Waals surface area contributed by atoms with E-state index in [4.69, 9.17) is 4.74 Å². The van der Waals surface area contributed by atoms with Gasteiger partial charge >= 0.3 is 0 Å². The van der Waals surface area contributed by atoms with E-state index >= 15 is 0 Å². The molecule has 0 bridgehead atoms. The minimum absolute atomic E-state index is 0.0157. The van der Waals surface area contributed by atoms with Crippen molar-refractivity contribution >= 4 is 15.9 Å². The number of benzene rings is 3. The van der Waals surface area contributed by atoms with Crippen LogP contribution in [0.4, 0.5) is 4.39 Å². The summed E-state index contributed by atoms with van der Waals surface area (Å²) in [6, 6.07) is 21.6. The first kappa shape index (κ1) is 24.1. The summed E-state index contributed by atoms with van der Waals surface area (Å²) in [7, 11) is -3.80. The van der Waals surface area contributed by atoms with E-state index in [1.165, 1.54) is 24.3 Å². The zero-order chi connectivity index (χ0) is 24.0. The van der Waals surface area contributed by atoms with Crippen molar-refractivity contribution in [2.75, 3.05) is 19.8 Å². The second-order valence-corrected chi connectivity index (χ2v) is 10.2. The van der Waals surface area contributed by atoms with Gasteiger partial charge in [0, 0.05) is 37.3 Å². The lowest BCUT2D eigenvalue weighted by molar-refractivity contribution is 0.0486. The molecule has 178 valence electrons. The number of hydrogen-bond donors (Lipinski definition) is 2. The van der Waals surface area contributed by atoms with Gasteiger partial charge in [-0.25, -0.2) is 17.5 Å². The van der Waals surface area contributed by atoms with Crippen molar-refractivity contribution < 1.29 is 22.3 Å². The number of carbonyl (C=O) groups is 1. The number of amides is 1. The van der Waals surface area contributed by atoms with Crippen LogP contribution in [0.15, 0.2) is 83.8 Å². The molecular weight excluding hydrogens is 455 g/mol. The molecule has 0 aromatic heterocycles. The van der Waals surface area contributed by atoms with E-state index in [-0.39, 0.29) is 28.7 Å². The molecule has 4 rings (SSSR count). The third kappa shape index (κ3) is 5.70. The normalized spacial score (nSPS) is 15.6. The van der Waals surface area contributed by atoms with Gasteiger partial charge in [-0.2, -0.15) is 0 Å². The van der Waals surface area contributed by atoms with E-state index in [2.05, 4.69) is 10.0 Å². The molecule has 0 spiro atoms. The fourth-order valence-electron chi connectivity index (χ4n) is 4.16. The summed E-state index contributed by atoms with van der Waals surface area (Å²) in [6.07, 6.45) is 1.29. The molecule has 8 heteroatoms. The van der Waals surface area contributed by atoms with E-state index in [1.807, 2.05) is 36.4 Å². The topological polar surface area (TPSA) is 84.5 Å². The van der Waals surface area contributed by atoms with Crippen molar-refractivity contribution in [1.82, 2.24) is 10.0 Å². The maximum Gasteiger partial charge on any atom is 0.251 e. The van der Waals surface area contributed by atoms with Gasteiger partial charge in [-0.05, 0) is 54.3 Å². The van der Waals surface area contributed by atoms with Crippen molar-refractivity contribution in [2.24, 2.45) is 0 Å². The molecule has 1 fully saturated rings. The summed E-state index contributed by atoms with van der Waals surface area (Å²) < 4.78 is 47.5. The quantitative estimate of drug-likeness (QED) is 0.512. The molecule has 1 amide bonds. The van der Waals surface area contributed by atoms with Crippen LogP contribution in [0.25, 0.3) is 0 Å². The minimum atomic E-state index is -3.80. The Morgan fingerprint density at radius 2 is 1.68 bits per heavy atom. The molecule has 0 radical (unpaired) electrons. The molecule has 1 heterocycles. The third-order valence-corrected chi connectivity index (χ3v) is 7.59.